The molecule has 0 unspecified atom stereocenters. The van der Waals surface area contributed by atoms with Crippen LogP contribution in [0.4, 0.5) is 5.82 Å². The molecule has 3 heterocycles. The molecule has 0 aliphatic carbocycles. The van der Waals surface area contributed by atoms with E-state index in [0.717, 1.165) is 0 Å². The zero-order chi connectivity index (χ0) is 20.8. The number of nitrogen functional groups attached to an aromatic ring is 1. The van der Waals surface area contributed by atoms with Gasteiger partial charge in [0.25, 0.3) is 5.56 Å². The fraction of sp³-hybridized carbons (Fsp3) is 0.0500. The third-order valence-electron chi connectivity index (χ3n) is 4.73. The van der Waals surface area contributed by atoms with Crippen LogP contribution in [0.1, 0.15) is 5.82 Å². The van der Waals surface area contributed by atoms with Crippen molar-refractivity contribution in [2.45, 2.75) is 6.54 Å². The minimum absolute atomic E-state index is 0.214. The molecule has 0 aliphatic heterocycles. The first-order valence-corrected chi connectivity index (χ1v) is 9.66. The molecule has 0 aliphatic rings. The van der Waals surface area contributed by atoms with E-state index in [9.17, 15) is 4.79 Å². The Hall–Kier alpha value is -3.49. The third kappa shape index (κ3) is 2.97. The molecule has 5 rings (SSSR count). The molecule has 0 bridgehead atoms. The van der Waals surface area contributed by atoms with Gasteiger partial charge in [0.1, 0.15) is 17.7 Å². The van der Waals surface area contributed by atoms with Crippen LogP contribution in [0.2, 0.25) is 10.0 Å². The highest BCUT2D eigenvalue weighted by molar-refractivity contribution is 6.32. The number of anilines is 1. The molecule has 0 atom stereocenters. The highest BCUT2D eigenvalue weighted by Crippen LogP contribution is 2.23. The van der Waals surface area contributed by atoms with Crippen molar-refractivity contribution >= 4 is 51.1 Å². The first kappa shape index (κ1) is 18.5. The van der Waals surface area contributed by atoms with E-state index < -0.39 is 0 Å². The van der Waals surface area contributed by atoms with Gasteiger partial charge in [-0.2, -0.15) is 0 Å². The van der Waals surface area contributed by atoms with Gasteiger partial charge in [-0.25, -0.2) is 19.9 Å². The maximum atomic E-state index is 13.4. The van der Waals surface area contributed by atoms with E-state index in [1.165, 1.54) is 10.9 Å². The monoisotopic (exact) mass is 437 g/mol. The Balaban J connectivity index is 1.79. The van der Waals surface area contributed by atoms with Crippen LogP contribution in [0.5, 0.6) is 0 Å². The first-order chi connectivity index (χ1) is 14.5. The van der Waals surface area contributed by atoms with Crippen molar-refractivity contribution in [2.24, 2.45) is 0 Å². The second-order valence-electron chi connectivity index (χ2n) is 6.59. The van der Waals surface area contributed by atoms with Crippen LogP contribution < -0.4 is 11.3 Å². The van der Waals surface area contributed by atoms with Crippen LogP contribution in [0.25, 0.3) is 27.8 Å². The van der Waals surface area contributed by atoms with Crippen LogP contribution in [-0.2, 0) is 6.54 Å². The summed E-state index contributed by atoms with van der Waals surface area (Å²) in [5.74, 6) is 0.739. The van der Waals surface area contributed by atoms with Gasteiger partial charge in [0.05, 0.1) is 34.5 Å². The number of aromatic nitrogens is 6. The molecule has 0 spiro atoms. The summed E-state index contributed by atoms with van der Waals surface area (Å²) >= 11 is 12.5. The molecule has 8 nitrogen and oxygen atoms in total. The first-order valence-electron chi connectivity index (χ1n) is 8.90. The van der Waals surface area contributed by atoms with Gasteiger partial charge >= 0.3 is 0 Å². The zero-order valence-corrected chi connectivity index (χ0v) is 16.8. The molecular formula is C20H13Cl2N7O. The van der Waals surface area contributed by atoms with Crippen LogP contribution in [0.15, 0.2) is 59.9 Å². The Kier molecular flexibility index (Phi) is 4.38. The van der Waals surface area contributed by atoms with Gasteiger partial charge in [0, 0.05) is 5.02 Å². The topological polar surface area (TPSA) is 105 Å². The minimum atomic E-state index is -0.274. The van der Waals surface area contributed by atoms with Crippen LogP contribution in [0.3, 0.4) is 0 Å². The lowest BCUT2D eigenvalue weighted by Crippen LogP contribution is -2.25. The van der Waals surface area contributed by atoms with Crippen LogP contribution in [-0.4, -0.2) is 29.1 Å². The number of hydrogen-bond donors (Lipinski definition) is 1. The van der Waals surface area contributed by atoms with E-state index in [0.29, 0.717) is 43.6 Å². The van der Waals surface area contributed by atoms with Gasteiger partial charge in [-0.05, 0) is 30.3 Å². The number of halogens is 2. The summed E-state index contributed by atoms with van der Waals surface area (Å²) in [6, 6.07) is 12.1. The molecule has 3 aromatic heterocycles. The number of fused-ring (bicyclic) bond motifs is 2. The van der Waals surface area contributed by atoms with Gasteiger partial charge in [-0.1, -0.05) is 35.3 Å². The van der Waals surface area contributed by atoms with Gasteiger partial charge in [-0.3, -0.25) is 9.36 Å². The van der Waals surface area contributed by atoms with Gasteiger partial charge in [0.2, 0.25) is 0 Å². The Morgan fingerprint density at radius 1 is 1.03 bits per heavy atom. The largest absolute Gasteiger partial charge is 0.382 e. The molecule has 2 aromatic carbocycles. The second-order valence-corrected chi connectivity index (χ2v) is 7.43. The summed E-state index contributed by atoms with van der Waals surface area (Å²) in [4.78, 5) is 30.7. The summed E-state index contributed by atoms with van der Waals surface area (Å²) < 4.78 is 3.24. The number of rotatable bonds is 3. The average Bonchev–Trinajstić information content (AvgIpc) is 3.14. The van der Waals surface area contributed by atoms with Crippen molar-refractivity contribution in [2.75, 3.05) is 5.73 Å². The lowest BCUT2D eigenvalue weighted by molar-refractivity contribution is 0.718. The average molecular weight is 438 g/mol. The molecular weight excluding hydrogens is 425 g/mol. The van der Waals surface area contributed by atoms with E-state index in [1.54, 1.807) is 53.4 Å². The molecule has 5 aromatic rings. The Morgan fingerprint density at radius 2 is 1.87 bits per heavy atom. The van der Waals surface area contributed by atoms with Gasteiger partial charge < -0.3 is 10.3 Å². The van der Waals surface area contributed by atoms with Crippen molar-refractivity contribution in [3.8, 4) is 5.69 Å². The summed E-state index contributed by atoms with van der Waals surface area (Å²) in [5, 5.41) is 1.27. The SMILES string of the molecule is Nc1ncnc2c1ncn2Cc1nc2ccc(Cl)cc2c(=O)n1-c1ccccc1Cl. The summed E-state index contributed by atoms with van der Waals surface area (Å²) in [6.07, 6.45) is 2.96. The molecule has 0 saturated heterocycles. The number of nitrogens with two attached hydrogens (primary N) is 1. The normalized spacial score (nSPS) is 11.4. The quantitative estimate of drug-likeness (QED) is 0.463. The maximum Gasteiger partial charge on any atom is 0.266 e. The van der Waals surface area contributed by atoms with Crippen LogP contribution in [0, 0.1) is 0 Å². The van der Waals surface area contributed by atoms with Crippen molar-refractivity contribution in [1.82, 2.24) is 29.1 Å². The molecule has 2 N–H and O–H groups in total. The van der Waals surface area contributed by atoms with E-state index in [2.05, 4.69) is 15.0 Å². The van der Waals surface area contributed by atoms with E-state index in [1.807, 2.05) is 0 Å². The van der Waals surface area contributed by atoms with Crippen LogP contribution >= 0.6 is 23.2 Å². The Morgan fingerprint density at radius 3 is 2.70 bits per heavy atom. The number of para-hydroxylation sites is 1. The number of nitrogens with zero attached hydrogens (tertiary/aromatic N) is 6. The number of hydrogen-bond acceptors (Lipinski definition) is 6. The van der Waals surface area contributed by atoms with E-state index in [4.69, 9.17) is 33.9 Å². The van der Waals surface area contributed by atoms with Gasteiger partial charge in [0.15, 0.2) is 11.5 Å². The lowest BCUT2D eigenvalue weighted by atomic mass is 10.2. The predicted molar refractivity (Wildman–Crippen MR) is 116 cm³/mol. The molecule has 148 valence electrons. The van der Waals surface area contributed by atoms with Crippen molar-refractivity contribution < 1.29 is 0 Å². The summed E-state index contributed by atoms with van der Waals surface area (Å²) in [5.41, 5.74) is 7.69. The van der Waals surface area contributed by atoms with Crippen molar-refractivity contribution in [3.63, 3.8) is 0 Å². The third-order valence-corrected chi connectivity index (χ3v) is 5.29. The fourth-order valence-corrected chi connectivity index (χ4v) is 3.75. The molecule has 10 heteroatoms. The molecule has 0 fully saturated rings. The molecule has 0 saturated carbocycles. The van der Waals surface area contributed by atoms with E-state index in [-0.39, 0.29) is 17.9 Å². The maximum absolute atomic E-state index is 13.4. The fourth-order valence-electron chi connectivity index (χ4n) is 3.36. The zero-order valence-electron chi connectivity index (χ0n) is 15.3. The molecule has 30 heavy (non-hydrogen) atoms. The lowest BCUT2D eigenvalue weighted by Gasteiger charge is -2.15. The number of imidazole rings is 1. The molecule has 0 amide bonds. The Bertz CT molecular complexity index is 1490. The number of benzene rings is 2. The van der Waals surface area contributed by atoms with Crippen molar-refractivity contribution in [3.05, 3.63) is 81.3 Å². The van der Waals surface area contributed by atoms with E-state index >= 15 is 0 Å². The standard InChI is InChI=1S/C20H13Cl2N7O/c21-11-5-6-14-12(7-11)20(30)29(15-4-2-1-3-13(15)22)16(27-14)8-28-10-26-17-18(23)24-9-25-19(17)28/h1-7,9-10H,8H2,(H2,23,24,25). The Labute approximate surface area is 179 Å². The summed E-state index contributed by atoms with van der Waals surface area (Å²) in [7, 11) is 0. The van der Waals surface area contributed by atoms with Crippen molar-refractivity contribution in [1.29, 1.82) is 0 Å². The minimum Gasteiger partial charge on any atom is -0.382 e. The highest BCUT2D eigenvalue weighted by atomic mass is 35.5. The highest BCUT2D eigenvalue weighted by Gasteiger charge is 2.17. The molecule has 0 radical (unpaired) electrons. The summed E-state index contributed by atoms with van der Waals surface area (Å²) in [6.45, 7) is 0.214. The van der Waals surface area contributed by atoms with Gasteiger partial charge in [-0.15, -0.1) is 0 Å². The smallest absolute Gasteiger partial charge is 0.266 e. The predicted octanol–water partition coefficient (Wildman–Crippen LogP) is 3.46. The second kappa shape index (κ2) is 7.08.